The third-order valence-electron chi connectivity index (χ3n) is 4.79. The summed E-state index contributed by atoms with van der Waals surface area (Å²) in [5.41, 5.74) is 0.773. The van der Waals surface area contributed by atoms with E-state index in [9.17, 15) is 4.79 Å². The van der Waals surface area contributed by atoms with Crippen molar-refractivity contribution in [3.8, 4) is 11.5 Å². The second kappa shape index (κ2) is 6.49. The third-order valence-corrected chi connectivity index (χ3v) is 4.79. The molecule has 2 N–H and O–H groups in total. The first-order valence-electron chi connectivity index (χ1n) is 8.37. The zero-order valence-corrected chi connectivity index (χ0v) is 13.5. The average molecular weight is 334 g/mol. The number of carbonyl (C=O) groups excluding carboxylic acids is 1. The van der Waals surface area contributed by atoms with Crippen LogP contribution in [0.2, 0.25) is 0 Å². The standard InChI is InChI=1S/C17H22N2O5/c20-16(18-9-12-1-2-14-15(7-12)23-11-22-14)19-13-3-5-24-17(8-13)4-6-21-10-17/h1-2,7,13H,3-6,8-11H2,(H2,18,19,20). The van der Waals surface area contributed by atoms with Gasteiger partial charge in [0.1, 0.15) is 0 Å². The highest BCUT2D eigenvalue weighted by Crippen LogP contribution is 2.33. The number of carbonyl (C=O) groups is 1. The topological polar surface area (TPSA) is 78.1 Å². The number of hydrogen-bond acceptors (Lipinski definition) is 5. The highest BCUT2D eigenvalue weighted by Gasteiger charge is 2.41. The fraction of sp³-hybridized carbons (Fsp3) is 0.588. The zero-order chi connectivity index (χ0) is 16.4. The second-order valence-electron chi connectivity index (χ2n) is 6.54. The number of ether oxygens (including phenoxy) is 4. The Labute approximate surface area is 140 Å². The molecule has 130 valence electrons. The summed E-state index contributed by atoms with van der Waals surface area (Å²) in [4.78, 5) is 12.2. The lowest BCUT2D eigenvalue weighted by Gasteiger charge is -2.37. The summed E-state index contributed by atoms with van der Waals surface area (Å²) in [6.45, 7) is 2.73. The number of hydrogen-bond donors (Lipinski definition) is 2. The van der Waals surface area contributed by atoms with Gasteiger partial charge in [0, 0.05) is 32.2 Å². The van der Waals surface area contributed by atoms with E-state index in [4.69, 9.17) is 18.9 Å². The Bertz CT molecular complexity index is 615. The van der Waals surface area contributed by atoms with Gasteiger partial charge in [0.05, 0.1) is 12.2 Å². The molecule has 2 amide bonds. The van der Waals surface area contributed by atoms with Gasteiger partial charge < -0.3 is 29.6 Å². The number of fused-ring (bicyclic) bond motifs is 1. The van der Waals surface area contributed by atoms with Crippen LogP contribution < -0.4 is 20.1 Å². The van der Waals surface area contributed by atoms with E-state index >= 15 is 0 Å². The number of benzene rings is 1. The van der Waals surface area contributed by atoms with Crippen LogP contribution in [0.5, 0.6) is 11.5 Å². The van der Waals surface area contributed by atoms with E-state index in [0.29, 0.717) is 19.8 Å². The lowest BCUT2D eigenvalue weighted by atomic mass is 9.90. The molecule has 3 heterocycles. The minimum atomic E-state index is -0.201. The van der Waals surface area contributed by atoms with Crippen LogP contribution in [0.4, 0.5) is 4.79 Å². The molecule has 0 aromatic heterocycles. The molecular weight excluding hydrogens is 312 g/mol. The van der Waals surface area contributed by atoms with E-state index < -0.39 is 0 Å². The quantitative estimate of drug-likeness (QED) is 0.877. The first-order valence-corrected chi connectivity index (χ1v) is 8.37. The summed E-state index contributed by atoms with van der Waals surface area (Å²) in [7, 11) is 0. The first kappa shape index (κ1) is 15.5. The third kappa shape index (κ3) is 3.27. The number of urea groups is 1. The smallest absolute Gasteiger partial charge is 0.315 e. The molecule has 3 aliphatic rings. The summed E-state index contributed by atoms with van der Waals surface area (Å²) in [5, 5.41) is 5.95. The van der Waals surface area contributed by atoms with Gasteiger partial charge in [-0.2, -0.15) is 0 Å². The maximum Gasteiger partial charge on any atom is 0.315 e. The predicted molar refractivity (Wildman–Crippen MR) is 85.1 cm³/mol. The molecule has 7 nitrogen and oxygen atoms in total. The van der Waals surface area contributed by atoms with Crippen molar-refractivity contribution in [2.45, 2.75) is 37.5 Å². The maximum atomic E-state index is 12.2. The fourth-order valence-electron chi connectivity index (χ4n) is 3.48. The molecule has 1 spiro atoms. The van der Waals surface area contributed by atoms with Crippen LogP contribution in [0, 0.1) is 0 Å². The predicted octanol–water partition coefficient (Wildman–Crippen LogP) is 1.55. The van der Waals surface area contributed by atoms with Crippen LogP contribution in [0.15, 0.2) is 18.2 Å². The molecular formula is C17H22N2O5. The van der Waals surface area contributed by atoms with Crippen molar-refractivity contribution in [2.24, 2.45) is 0 Å². The van der Waals surface area contributed by atoms with Gasteiger partial charge in [-0.1, -0.05) is 6.07 Å². The number of rotatable bonds is 3. The average Bonchev–Trinajstić information content (AvgIpc) is 3.22. The van der Waals surface area contributed by atoms with Gasteiger partial charge in [-0.25, -0.2) is 4.79 Å². The molecule has 2 fully saturated rings. The van der Waals surface area contributed by atoms with E-state index in [1.54, 1.807) is 0 Å². The normalized spacial score (nSPS) is 28.1. The molecule has 2 atom stereocenters. The van der Waals surface area contributed by atoms with Crippen molar-refractivity contribution in [1.29, 1.82) is 0 Å². The summed E-state index contributed by atoms with van der Waals surface area (Å²) >= 11 is 0. The summed E-state index contributed by atoms with van der Waals surface area (Å²) in [5.74, 6) is 1.47. The fourth-order valence-corrected chi connectivity index (χ4v) is 3.48. The molecule has 4 rings (SSSR count). The zero-order valence-electron chi connectivity index (χ0n) is 13.5. The molecule has 0 radical (unpaired) electrons. The molecule has 2 saturated heterocycles. The van der Waals surface area contributed by atoms with Gasteiger partial charge in [0.25, 0.3) is 0 Å². The Hall–Kier alpha value is -1.99. The Balaban J connectivity index is 1.27. The first-order chi connectivity index (χ1) is 11.7. The minimum absolute atomic E-state index is 0.122. The van der Waals surface area contributed by atoms with Crippen molar-refractivity contribution < 1.29 is 23.7 Å². The van der Waals surface area contributed by atoms with E-state index in [0.717, 1.165) is 42.9 Å². The van der Waals surface area contributed by atoms with Gasteiger partial charge in [0.2, 0.25) is 6.79 Å². The minimum Gasteiger partial charge on any atom is -0.454 e. The van der Waals surface area contributed by atoms with Crippen LogP contribution in [0.25, 0.3) is 0 Å². The largest absolute Gasteiger partial charge is 0.454 e. The highest BCUT2D eigenvalue weighted by molar-refractivity contribution is 5.74. The van der Waals surface area contributed by atoms with Crippen LogP contribution in [0.3, 0.4) is 0 Å². The summed E-state index contributed by atoms with van der Waals surface area (Å²) < 4.78 is 22.0. The van der Waals surface area contributed by atoms with Gasteiger partial charge in [-0.3, -0.25) is 0 Å². The SMILES string of the molecule is O=C(NCc1ccc2c(c1)OCO2)NC1CCOC2(CCOC2)C1. The van der Waals surface area contributed by atoms with Crippen LogP contribution >= 0.6 is 0 Å². The molecule has 2 unspecified atom stereocenters. The van der Waals surface area contributed by atoms with Gasteiger partial charge in [-0.05, 0) is 30.5 Å². The Kier molecular flexibility index (Phi) is 4.20. The molecule has 24 heavy (non-hydrogen) atoms. The number of nitrogens with one attached hydrogen (secondary N) is 2. The molecule has 1 aromatic rings. The van der Waals surface area contributed by atoms with Crippen molar-refractivity contribution in [3.63, 3.8) is 0 Å². The van der Waals surface area contributed by atoms with E-state index in [1.165, 1.54) is 0 Å². The Morgan fingerprint density at radius 2 is 2.17 bits per heavy atom. The van der Waals surface area contributed by atoms with E-state index in [1.807, 2.05) is 18.2 Å². The van der Waals surface area contributed by atoms with Crippen LogP contribution in [-0.4, -0.2) is 44.3 Å². The van der Waals surface area contributed by atoms with Crippen molar-refractivity contribution in [1.82, 2.24) is 10.6 Å². The molecule has 3 aliphatic heterocycles. The van der Waals surface area contributed by atoms with Crippen molar-refractivity contribution >= 4 is 6.03 Å². The molecule has 0 aliphatic carbocycles. The van der Waals surface area contributed by atoms with E-state index in [2.05, 4.69) is 10.6 Å². The van der Waals surface area contributed by atoms with Gasteiger partial charge in [0.15, 0.2) is 11.5 Å². The summed E-state index contributed by atoms with van der Waals surface area (Å²) in [6, 6.07) is 5.64. The summed E-state index contributed by atoms with van der Waals surface area (Å²) in [6.07, 6.45) is 2.55. The molecule has 0 bridgehead atoms. The Morgan fingerprint density at radius 3 is 3.04 bits per heavy atom. The Morgan fingerprint density at radius 1 is 1.25 bits per heavy atom. The van der Waals surface area contributed by atoms with Gasteiger partial charge >= 0.3 is 6.03 Å². The monoisotopic (exact) mass is 334 g/mol. The molecule has 7 heteroatoms. The lowest BCUT2D eigenvalue weighted by Crippen LogP contribution is -2.51. The van der Waals surface area contributed by atoms with Crippen molar-refractivity contribution in [2.75, 3.05) is 26.6 Å². The second-order valence-corrected chi connectivity index (χ2v) is 6.54. The van der Waals surface area contributed by atoms with Gasteiger partial charge in [-0.15, -0.1) is 0 Å². The molecule has 1 aromatic carbocycles. The molecule has 0 saturated carbocycles. The van der Waals surface area contributed by atoms with E-state index in [-0.39, 0.29) is 24.5 Å². The van der Waals surface area contributed by atoms with Crippen LogP contribution in [0.1, 0.15) is 24.8 Å². The van der Waals surface area contributed by atoms with Crippen LogP contribution in [-0.2, 0) is 16.0 Å². The highest BCUT2D eigenvalue weighted by atomic mass is 16.7. The van der Waals surface area contributed by atoms with Crippen molar-refractivity contribution in [3.05, 3.63) is 23.8 Å². The lowest BCUT2D eigenvalue weighted by molar-refractivity contribution is -0.0878. The number of amides is 2. The maximum absolute atomic E-state index is 12.2.